The molecule has 1 heterocycles. The summed E-state index contributed by atoms with van der Waals surface area (Å²) in [6.45, 7) is 8.59. The van der Waals surface area contributed by atoms with Crippen LogP contribution in [-0.4, -0.2) is 30.8 Å². The number of carboxylic acid groups (broad SMARTS) is 1. The molecule has 2 rings (SSSR count). The molecule has 1 aliphatic heterocycles. The molecular weight excluding hydrogens is 242 g/mol. The molecule has 0 atom stereocenters. The molecule has 0 radical (unpaired) electrons. The van der Waals surface area contributed by atoms with Crippen LogP contribution in [0.3, 0.4) is 0 Å². The van der Waals surface area contributed by atoms with Gasteiger partial charge in [-0.2, -0.15) is 0 Å². The summed E-state index contributed by atoms with van der Waals surface area (Å²) in [5.74, 6) is 0.359. The minimum absolute atomic E-state index is 0.298. The fourth-order valence-corrected chi connectivity index (χ4v) is 2.15. The Balaban J connectivity index is 1.95. The summed E-state index contributed by atoms with van der Waals surface area (Å²) in [6.07, 6.45) is 0. The van der Waals surface area contributed by atoms with E-state index in [2.05, 4.69) is 25.7 Å². The summed E-state index contributed by atoms with van der Waals surface area (Å²) in [5.41, 5.74) is 1.44. The zero-order chi connectivity index (χ0) is 14.0. The van der Waals surface area contributed by atoms with Crippen molar-refractivity contribution >= 4 is 11.7 Å². The van der Waals surface area contributed by atoms with Crippen molar-refractivity contribution in [3.8, 4) is 5.75 Å². The minimum Gasteiger partial charge on any atom is -0.482 e. The van der Waals surface area contributed by atoms with Gasteiger partial charge in [-0.15, -0.1) is 0 Å². The summed E-state index contributed by atoms with van der Waals surface area (Å²) in [4.78, 5) is 12.8. The van der Waals surface area contributed by atoms with E-state index in [4.69, 9.17) is 9.84 Å². The Kier molecular flexibility index (Phi) is 3.69. The number of carbonyl (C=O) groups is 1. The minimum atomic E-state index is -0.956. The maximum absolute atomic E-state index is 10.5. The van der Waals surface area contributed by atoms with Crippen LogP contribution in [0.15, 0.2) is 24.3 Å². The molecule has 4 heteroatoms. The van der Waals surface area contributed by atoms with Crippen LogP contribution in [0.4, 0.5) is 5.69 Å². The standard InChI is InChI=1S/C15H21NO3/c1-15(2,3)11-8-16(9-11)12-5-4-6-13(7-12)19-10-14(17)18/h4-7,11H,8-10H2,1-3H3,(H,17,18). The van der Waals surface area contributed by atoms with Gasteiger partial charge in [-0.3, -0.25) is 0 Å². The van der Waals surface area contributed by atoms with E-state index < -0.39 is 5.97 Å². The number of anilines is 1. The topological polar surface area (TPSA) is 49.8 Å². The lowest BCUT2D eigenvalue weighted by Gasteiger charge is -2.47. The number of benzene rings is 1. The van der Waals surface area contributed by atoms with Gasteiger partial charge in [0.05, 0.1) is 0 Å². The molecule has 104 valence electrons. The Morgan fingerprint density at radius 2 is 2.11 bits per heavy atom. The molecule has 1 aliphatic rings. The lowest BCUT2D eigenvalue weighted by Crippen LogP contribution is -2.52. The largest absolute Gasteiger partial charge is 0.482 e. The highest BCUT2D eigenvalue weighted by Crippen LogP contribution is 2.36. The molecule has 1 saturated heterocycles. The average Bonchev–Trinajstić information content (AvgIpc) is 2.23. The normalized spacial score (nSPS) is 16.1. The highest BCUT2D eigenvalue weighted by atomic mass is 16.5. The Morgan fingerprint density at radius 1 is 1.42 bits per heavy atom. The monoisotopic (exact) mass is 263 g/mol. The van der Waals surface area contributed by atoms with Crippen molar-refractivity contribution in [2.75, 3.05) is 24.6 Å². The number of hydrogen-bond donors (Lipinski definition) is 1. The summed E-state index contributed by atoms with van der Waals surface area (Å²) in [7, 11) is 0. The molecule has 1 N–H and O–H groups in total. The van der Waals surface area contributed by atoms with Crippen molar-refractivity contribution in [2.45, 2.75) is 20.8 Å². The van der Waals surface area contributed by atoms with Crippen molar-refractivity contribution in [1.82, 2.24) is 0 Å². The molecule has 0 bridgehead atoms. The number of carboxylic acids is 1. The van der Waals surface area contributed by atoms with E-state index >= 15 is 0 Å². The molecule has 0 spiro atoms. The van der Waals surface area contributed by atoms with E-state index in [0.717, 1.165) is 18.8 Å². The third-order valence-electron chi connectivity index (χ3n) is 3.65. The maximum Gasteiger partial charge on any atom is 0.341 e. The number of rotatable bonds is 4. The van der Waals surface area contributed by atoms with Gasteiger partial charge in [0, 0.05) is 24.8 Å². The van der Waals surface area contributed by atoms with Gasteiger partial charge in [0.2, 0.25) is 0 Å². The SMILES string of the molecule is CC(C)(C)C1CN(c2cccc(OCC(=O)O)c2)C1. The molecule has 1 aromatic carbocycles. The second-order valence-corrected chi connectivity index (χ2v) is 6.15. The first-order valence-corrected chi connectivity index (χ1v) is 6.56. The van der Waals surface area contributed by atoms with E-state index in [1.54, 1.807) is 6.07 Å². The second-order valence-electron chi connectivity index (χ2n) is 6.15. The summed E-state index contributed by atoms with van der Waals surface area (Å²) in [6, 6.07) is 7.62. The van der Waals surface area contributed by atoms with Crippen LogP contribution in [0.1, 0.15) is 20.8 Å². The zero-order valence-electron chi connectivity index (χ0n) is 11.7. The van der Waals surface area contributed by atoms with E-state index in [1.165, 1.54) is 0 Å². The number of nitrogens with zero attached hydrogens (tertiary/aromatic N) is 1. The van der Waals surface area contributed by atoms with Crippen LogP contribution < -0.4 is 9.64 Å². The predicted molar refractivity (Wildman–Crippen MR) is 74.7 cm³/mol. The Morgan fingerprint density at radius 3 is 2.68 bits per heavy atom. The summed E-state index contributed by atoms with van der Waals surface area (Å²) in [5, 5.41) is 8.60. The van der Waals surface area contributed by atoms with E-state index in [1.807, 2.05) is 18.2 Å². The summed E-state index contributed by atoms with van der Waals surface area (Å²) >= 11 is 0. The van der Waals surface area contributed by atoms with Gasteiger partial charge >= 0.3 is 5.97 Å². The molecule has 0 aromatic heterocycles. The van der Waals surface area contributed by atoms with Crippen LogP contribution in [0, 0.1) is 11.3 Å². The van der Waals surface area contributed by atoms with E-state index in [9.17, 15) is 4.79 Å². The van der Waals surface area contributed by atoms with Crippen molar-refractivity contribution in [3.63, 3.8) is 0 Å². The van der Waals surface area contributed by atoms with E-state index in [-0.39, 0.29) is 6.61 Å². The Bertz CT molecular complexity index is 459. The fraction of sp³-hybridized carbons (Fsp3) is 0.533. The van der Waals surface area contributed by atoms with Gasteiger partial charge in [-0.25, -0.2) is 4.79 Å². The van der Waals surface area contributed by atoms with Crippen LogP contribution in [-0.2, 0) is 4.79 Å². The maximum atomic E-state index is 10.5. The summed E-state index contributed by atoms with van der Waals surface area (Å²) < 4.78 is 5.19. The van der Waals surface area contributed by atoms with Crippen LogP contribution in [0.2, 0.25) is 0 Å². The molecule has 0 unspecified atom stereocenters. The number of ether oxygens (including phenoxy) is 1. The first-order valence-electron chi connectivity index (χ1n) is 6.56. The average molecular weight is 263 g/mol. The third kappa shape index (κ3) is 3.40. The van der Waals surface area contributed by atoms with Gasteiger partial charge in [0.25, 0.3) is 0 Å². The van der Waals surface area contributed by atoms with Crippen molar-refractivity contribution in [3.05, 3.63) is 24.3 Å². The first kappa shape index (κ1) is 13.7. The van der Waals surface area contributed by atoms with Crippen LogP contribution in [0.5, 0.6) is 5.75 Å². The predicted octanol–water partition coefficient (Wildman–Crippen LogP) is 2.63. The zero-order valence-corrected chi connectivity index (χ0v) is 11.7. The lowest BCUT2D eigenvalue weighted by molar-refractivity contribution is -0.139. The quantitative estimate of drug-likeness (QED) is 0.907. The van der Waals surface area contributed by atoms with Crippen LogP contribution >= 0.6 is 0 Å². The lowest BCUT2D eigenvalue weighted by atomic mass is 9.76. The Labute approximate surface area is 114 Å². The molecule has 1 aromatic rings. The molecule has 0 saturated carbocycles. The Hall–Kier alpha value is -1.71. The van der Waals surface area contributed by atoms with Crippen molar-refractivity contribution in [1.29, 1.82) is 0 Å². The molecule has 0 amide bonds. The molecular formula is C15H21NO3. The number of hydrogen-bond acceptors (Lipinski definition) is 3. The number of aliphatic carboxylic acids is 1. The first-order chi connectivity index (χ1) is 8.86. The van der Waals surface area contributed by atoms with Gasteiger partial charge in [-0.05, 0) is 23.5 Å². The van der Waals surface area contributed by atoms with Crippen molar-refractivity contribution < 1.29 is 14.6 Å². The molecule has 1 fully saturated rings. The van der Waals surface area contributed by atoms with Gasteiger partial charge in [0.1, 0.15) is 5.75 Å². The van der Waals surface area contributed by atoms with Crippen molar-refractivity contribution in [2.24, 2.45) is 11.3 Å². The third-order valence-corrected chi connectivity index (χ3v) is 3.65. The molecule has 0 aliphatic carbocycles. The smallest absolute Gasteiger partial charge is 0.341 e. The highest BCUT2D eigenvalue weighted by Gasteiger charge is 2.35. The van der Waals surface area contributed by atoms with Gasteiger partial charge < -0.3 is 14.7 Å². The fourth-order valence-electron chi connectivity index (χ4n) is 2.15. The highest BCUT2D eigenvalue weighted by molar-refractivity contribution is 5.68. The van der Waals surface area contributed by atoms with Crippen LogP contribution in [0.25, 0.3) is 0 Å². The van der Waals surface area contributed by atoms with Gasteiger partial charge in [-0.1, -0.05) is 26.8 Å². The molecule has 4 nitrogen and oxygen atoms in total. The van der Waals surface area contributed by atoms with E-state index in [0.29, 0.717) is 17.1 Å². The molecule has 19 heavy (non-hydrogen) atoms. The second kappa shape index (κ2) is 5.11. The van der Waals surface area contributed by atoms with Gasteiger partial charge in [0.15, 0.2) is 6.61 Å².